The smallest absolute Gasteiger partial charge is 0.302 e. The molecular formula is C37H50N2O10S3. The number of aliphatic hydroxyl groups excluding tert-OH is 1. The Labute approximate surface area is 311 Å². The molecule has 12 nitrogen and oxygen atoms in total. The van der Waals surface area contributed by atoms with Gasteiger partial charge in [0.15, 0.2) is 9.84 Å². The van der Waals surface area contributed by atoms with Crippen LogP contribution in [0.2, 0.25) is 0 Å². The summed E-state index contributed by atoms with van der Waals surface area (Å²) in [5, 5.41) is 13.3. The van der Waals surface area contributed by atoms with Crippen molar-refractivity contribution in [3.05, 3.63) is 71.8 Å². The molecule has 1 aromatic heterocycles. The Morgan fingerprint density at radius 1 is 1.06 bits per heavy atom. The first-order valence-corrected chi connectivity index (χ1v) is 21.5. The molecule has 1 saturated carbocycles. The summed E-state index contributed by atoms with van der Waals surface area (Å²) in [5.74, 6) is -2.18. The second kappa shape index (κ2) is 18.6. The van der Waals surface area contributed by atoms with Gasteiger partial charge >= 0.3 is 11.9 Å². The standard InChI is InChI=1S/C37H50N2O10S3/c1-5-38-32-21-24(2)51(44,45)37-31(32)22-36(50-37)52(46,47)39-35(43)16-12-7-6-11-15-29-30(34(49-26(4)41)23-33(29)48-25(3)40)20-19-28(42)18-17-27-13-9-8-10-14-27/h6,8-11,13-14,19-20,22,24,28-30,32-34,38,42H,5,7,12,15-18,21,23H2,1-4H3,(H,39,43)/b11-6-,20-19+/t24-,28+,29-,30-,32-,33+,34-/m1/s1. The molecule has 15 heteroatoms. The fraction of sp³-hybridized carbons (Fsp3) is 0.541. The molecule has 0 bridgehead atoms. The van der Waals surface area contributed by atoms with Crippen LogP contribution in [0.1, 0.15) is 89.8 Å². The molecule has 1 amide bonds. The number of hydrogen-bond donors (Lipinski definition) is 3. The monoisotopic (exact) mass is 778 g/mol. The van der Waals surface area contributed by atoms with E-state index in [2.05, 4.69) is 10.0 Å². The molecule has 1 fully saturated rings. The number of carbonyl (C=O) groups excluding carboxylic acids is 3. The number of esters is 2. The van der Waals surface area contributed by atoms with E-state index >= 15 is 0 Å². The summed E-state index contributed by atoms with van der Waals surface area (Å²) in [6, 6.07) is 10.9. The summed E-state index contributed by atoms with van der Waals surface area (Å²) in [6.45, 7) is 6.72. The van der Waals surface area contributed by atoms with E-state index in [1.165, 1.54) is 19.9 Å². The number of sulfonamides is 1. The average molecular weight is 779 g/mol. The van der Waals surface area contributed by atoms with Gasteiger partial charge in [0, 0.05) is 50.1 Å². The van der Waals surface area contributed by atoms with Gasteiger partial charge in [-0.2, -0.15) is 0 Å². The third-order valence-corrected chi connectivity index (χ3v) is 15.1. The molecule has 0 radical (unpaired) electrons. The maximum absolute atomic E-state index is 13.1. The van der Waals surface area contributed by atoms with E-state index in [1.807, 2.05) is 55.5 Å². The minimum Gasteiger partial charge on any atom is -0.462 e. The van der Waals surface area contributed by atoms with Crippen molar-refractivity contribution in [1.82, 2.24) is 10.0 Å². The Bertz CT molecular complexity index is 1820. The Balaban J connectivity index is 1.34. The molecule has 52 heavy (non-hydrogen) atoms. The van der Waals surface area contributed by atoms with E-state index in [0.717, 1.165) is 5.56 Å². The van der Waals surface area contributed by atoms with Crippen molar-refractivity contribution in [3.8, 4) is 0 Å². The minimum atomic E-state index is -4.28. The van der Waals surface area contributed by atoms with Crippen LogP contribution in [0.25, 0.3) is 0 Å². The third-order valence-electron chi connectivity index (χ3n) is 9.37. The Hall–Kier alpha value is -3.37. The predicted octanol–water partition coefficient (Wildman–Crippen LogP) is 4.94. The van der Waals surface area contributed by atoms with E-state index in [0.29, 0.717) is 68.4 Å². The lowest BCUT2D eigenvalue weighted by Gasteiger charge is -2.27. The molecule has 2 aliphatic rings. The zero-order valence-corrected chi connectivity index (χ0v) is 32.5. The molecule has 2 aromatic rings. The van der Waals surface area contributed by atoms with Gasteiger partial charge < -0.3 is 19.9 Å². The number of unbranched alkanes of at least 4 members (excludes halogenated alkanes) is 1. The second-order valence-electron chi connectivity index (χ2n) is 13.4. The van der Waals surface area contributed by atoms with Gasteiger partial charge in [-0.1, -0.05) is 61.6 Å². The van der Waals surface area contributed by atoms with Gasteiger partial charge in [-0.3, -0.25) is 14.4 Å². The number of aryl methyl sites for hydroxylation is 1. The minimum absolute atomic E-state index is 0.0181. The molecular weight excluding hydrogens is 729 g/mol. The molecule has 0 spiro atoms. The molecule has 286 valence electrons. The number of amides is 1. The normalized spacial score (nSPS) is 24.8. The first kappa shape index (κ1) is 41.4. The van der Waals surface area contributed by atoms with Gasteiger partial charge in [0.2, 0.25) is 5.91 Å². The van der Waals surface area contributed by atoms with Gasteiger partial charge in [0.1, 0.15) is 20.6 Å². The summed E-state index contributed by atoms with van der Waals surface area (Å²) in [7, 11) is -7.95. The molecule has 1 aliphatic heterocycles. The van der Waals surface area contributed by atoms with Crippen molar-refractivity contribution in [3.63, 3.8) is 0 Å². The van der Waals surface area contributed by atoms with E-state index in [9.17, 15) is 36.3 Å². The first-order chi connectivity index (χ1) is 24.6. The lowest BCUT2D eigenvalue weighted by atomic mass is 9.89. The number of aliphatic hydroxyl groups is 1. The topological polar surface area (TPSA) is 182 Å². The van der Waals surface area contributed by atoms with E-state index in [1.54, 1.807) is 13.0 Å². The highest BCUT2D eigenvalue weighted by Crippen LogP contribution is 2.43. The largest absolute Gasteiger partial charge is 0.462 e. The van der Waals surface area contributed by atoms with Crippen LogP contribution in [-0.2, 0) is 50.1 Å². The van der Waals surface area contributed by atoms with Crippen molar-refractivity contribution >= 4 is 49.0 Å². The highest BCUT2D eigenvalue weighted by Gasteiger charge is 2.45. The summed E-state index contributed by atoms with van der Waals surface area (Å²) < 4.78 is 65.2. The van der Waals surface area contributed by atoms with Crippen LogP contribution in [0.5, 0.6) is 0 Å². The third kappa shape index (κ3) is 11.1. The van der Waals surface area contributed by atoms with Gasteiger partial charge in [0.25, 0.3) is 10.0 Å². The quantitative estimate of drug-likeness (QED) is 0.112. The van der Waals surface area contributed by atoms with Crippen molar-refractivity contribution < 1.29 is 45.8 Å². The first-order valence-electron chi connectivity index (χ1n) is 17.7. The second-order valence-corrected chi connectivity index (χ2v) is 18.9. The molecule has 1 aromatic carbocycles. The van der Waals surface area contributed by atoms with Crippen molar-refractivity contribution in [1.29, 1.82) is 0 Å². The zero-order chi connectivity index (χ0) is 38.1. The van der Waals surface area contributed by atoms with Gasteiger partial charge in [-0.15, -0.1) is 11.3 Å². The zero-order valence-electron chi connectivity index (χ0n) is 30.0. The number of carbonyl (C=O) groups is 3. The molecule has 7 atom stereocenters. The summed E-state index contributed by atoms with van der Waals surface area (Å²) in [4.78, 5) is 36.6. The lowest BCUT2D eigenvalue weighted by molar-refractivity contribution is -0.149. The fourth-order valence-corrected chi connectivity index (χ4v) is 11.8. The van der Waals surface area contributed by atoms with E-state index in [-0.39, 0.29) is 32.7 Å². The van der Waals surface area contributed by atoms with E-state index in [4.69, 9.17) is 9.47 Å². The highest BCUT2D eigenvalue weighted by molar-refractivity contribution is 7.95. The molecule has 4 rings (SSSR count). The average Bonchev–Trinajstić information content (AvgIpc) is 3.66. The van der Waals surface area contributed by atoms with Crippen LogP contribution in [0.4, 0.5) is 0 Å². The van der Waals surface area contributed by atoms with Crippen LogP contribution in [0.15, 0.2) is 69.1 Å². The number of thiophene rings is 1. The molecule has 0 saturated heterocycles. The molecule has 2 heterocycles. The van der Waals surface area contributed by atoms with Crippen LogP contribution in [0, 0.1) is 11.8 Å². The molecule has 1 aliphatic carbocycles. The maximum Gasteiger partial charge on any atom is 0.302 e. The molecule has 3 N–H and O–H groups in total. The summed E-state index contributed by atoms with van der Waals surface area (Å²) in [5.41, 5.74) is 1.52. The van der Waals surface area contributed by atoms with Crippen LogP contribution in [-0.4, -0.2) is 69.9 Å². The van der Waals surface area contributed by atoms with Gasteiger partial charge in [-0.05, 0) is 63.6 Å². The lowest BCUT2D eigenvalue weighted by Crippen LogP contribution is -2.33. The number of ether oxygens (including phenoxy) is 2. The fourth-order valence-electron chi connectivity index (χ4n) is 6.83. The maximum atomic E-state index is 13.1. The highest BCUT2D eigenvalue weighted by atomic mass is 32.3. The Morgan fingerprint density at radius 3 is 2.42 bits per heavy atom. The van der Waals surface area contributed by atoms with Crippen molar-refractivity contribution in [2.24, 2.45) is 11.8 Å². The number of rotatable bonds is 17. The van der Waals surface area contributed by atoms with Crippen LogP contribution >= 0.6 is 11.3 Å². The number of benzene rings is 1. The van der Waals surface area contributed by atoms with Gasteiger partial charge in [-0.25, -0.2) is 21.6 Å². The number of allylic oxidation sites excluding steroid dienone is 2. The van der Waals surface area contributed by atoms with Crippen LogP contribution in [0.3, 0.4) is 0 Å². The van der Waals surface area contributed by atoms with Crippen molar-refractivity contribution in [2.45, 2.75) is 117 Å². The SMILES string of the molecule is CCN[C@@H]1C[C@@H](C)S(=O)(=O)c2sc(S(=O)(=O)NC(=O)CCC/C=C\C[C@@H]3[C@@H](/C=C/[C@@H](O)CCc4ccccc4)[C@H](OC(C)=O)C[C@@H]3OC(C)=O)cc21. The number of sulfone groups is 1. The number of nitrogens with one attached hydrogen (secondary N) is 2. The molecule has 0 unspecified atom stereocenters. The summed E-state index contributed by atoms with van der Waals surface area (Å²) >= 11 is 0.665. The number of hydrogen-bond acceptors (Lipinski definition) is 12. The Morgan fingerprint density at radius 2 is 1.75 bits per heavy atom. The van der Waals surface area contributed by atoms with Crippen LogP contribution < -0.4 is 10.0 Å². The Kier molecular flexibility index (Phi) is 14.8. The van der Waals surface area contributed by atoms with Crippen molar-refractivity contribution in [2.75, 3.05) is 6.54 Å². The van der Waals surface area contributed by atoms with Gasteiger partial charge in [0.05, 0.1) is 11.4 Å². The van der Waals surface area contributed by atoms with E-state index < -0.39 is 61.3 Å². The predicted molar refractivity (Wildman–Crippen MR) is 198 cm³/mol. The summed E-state index contributed by atoms with van der Waals surface area (Å²) in [6.07, 6.45) is 8.53. The number of fused-ring (bicyclic) bond motifs is 1.